The first-order valence-corrected chi connectivity index (χ1v) is 7.11. The molecule has 1 rings (SSSR count). The Hall–Kier alpha value is -0.910. The summed E-state index contributed by atoms with van der Waals surface area (Å²) >= 11 is 1.72. The van der Waals surface area contributed by atoms with Crippen LogP contribution < -0.4 is 11.1 Å². The van der Waals surface area contributed by atoms with Crippen LogP contribution in [0.2, 0.25) is 0 Å². The van der Waals surface area contributed by atoms with E-state index in [1.54, 1.807) is 11.3 Å². The van der Waals surface area contributed by atoms with Crippen molar-refractivity contribution in [3.63, 3.8) is 0 Å². The lowest BCUT2D eigenvalue weighted by Gasteiger charge is -2.24. The van der Waals surface area contributed by atoms with Crippen molar-refractivity contribution >= 4 is 17.2 Å². The molecule has 4 nitrogen and oxygen atoms in total. The van der Waals surface area contributed by atoms with Crippen molar-refractivity contribution in [3.8, 4) is 0 Å². The molecule has 0 aliphatic heterocycles. The highest BCUT2D eigenvalue weighted by molar-refractivity contribution is 7.10. The monoisotopic (exact) mass is 269 g/mol. The summed E-state index contributed by atoms with van der Waals surface area (Å²) in [6.45, 7) is 3.11. The Bertz CT molecular complexity index is 351. The van der Waals surface area contributed by atoms with Gasteiger partial charge in [-0.15, -0.1) is 11.3 Å². The van der Waals surface area contributed by atoms with E-state index in [1.165, 1.54) is 4.88 Å². The maximum Gasteiger partial charge on any atom is 0.222 e. The predicted molar refractivity (Wildman–Crippen MR) is 76.6 cm³/mol. The lowest BCUT2D eigenvalue weighted by molar-refractivity contribution is -0.124. The van der Waals surface area contributed by atoms with Gasteiger partial charge in [0.2, 0.25) is 5.91 Å². The average Bonchev–Trinajstić information content (AvgIpc) is 2.82. The zero-order valence-electron chi connectivity index (χ0n) is 11.3. The summed E-state index contributed by atoms with van der Waals surface area (Å²) in [5.41, 5.74) is 5.46. The lowest BCUT2D eigenvalue weighted by atomic mass is 10.1. The molecule has 3 N–H and O–H groups in total. The molecule has 1 amide bonds. The van der Waals surface area contributed by atoms with Gasteiger partial charge in [-0.25, -0.2) is 0 Å². The van der Waals surface area contributed by atoms with Crippen molar-refractivity contribution in [2.45, 2.75) is 19.4 Å². The van der Waals surface area contributed by atoms with Gasteiger partial charge in [0.15, 0.2) is 0 Å². The maximum atomic E-state index is 11.8. The average molecular weight is 269 g/mol. The highest BCUT2D eigenvalue weighted by Crippen LogP contribution is 2.22. The zero-order chi connectivity index (χ0) is 13.5. The molecule has 0 bridgehead atoms. The van der Waals surface area contributed by atoms with E-state index in [0.29, 0.717) is 13.1 Å². The quantitative estimate of drug-likeness (QED) is 0.788. The number of nitrogens with one attached hydrogen (secondary N) is 1. The first-order chi connectivity index (χ1) is 8.56. The summed E-state index contributed by atoms with van der Waals surface area (Å²) in [5, 5.41) is 5.07. The molecule has 0 saturated carbocycles. The fraction of sp³-hybridized carbons (Fsp3) is 0.615. The van der Waals surface area contributed by atoms with Crippen LogP contribution in [0.4, 0.5) is 0 Å². The van der Waals surface area contributed by atoms with E-state index < -0.39 is 0 Å². The summed E-state index contributed by atoms with van der Waals surface area (Å²) in [6.07, 6.45) is 0.734. The van der Waals surface area contributed by atoms with Gasteiger partial charge in [-0.1, -0.05) is 13.0 Å². The van der Waals surface area contributed by atoms with E-state index in [0.717, 1.165) is 6.42 Å². The van der Waals surface area contributed by atoms with E-state index >= 15 is 0 Å². The van der Waals surface area contributed by atoms with Gasteiger partial charge in [0.1, 0.15) is 0 Å². The molecule has 0 aliphatic rings. The minimum Gasteiger partial charge on any atom is -0.354 e. The van der Waals surface area contributed by atoms with Crippen LogP contribution in [0.25, 0.3) is 0 Å². The second kappa shape index (κ2) is 7.51. The minimum atomic E-state index is -0.0128. The summed E-state index contributed by atoms with van der Waals surface area (Å²) in [4.78, 5) is 15.2. The molecular weight excluding hydrogens is 246 g/mol. The van der Waals surface area contributed by atoms with Crippen molar-refractivity contribution in [1.82, 2.24) is 10.2 Å². The SMILES string of the molecule is CC(CCN)C(=O)NCC(c1cccs1)N(C)C. The highest BCUT2D eigenvalue weighted by Gasteiger charge is 2.18. The summed E-state index contributed by atoms with van der Waals surface area (Å²) in [7, 11) is 4.06. The van der Waals surface area contributed by atoms with Gasteiger partial charge < -0.3 is 16.0 Å². The Balaban J connectivity index is 2.51. The fourth-order valence-electron chi connectivity index (χ4n) is 1.77. The third-order valence-electron chi connectivity index (χ3n) is 3.01. The molecule has 2 atom stereocenters. The molecule has 18 heavy (non-hydrogen) atoms. The Morgan fingerprint density at radius 1 is 1.56 bits per heavy atom. The van der Waals surface area contributed by atoms with Gasteiger partial charge in [-0.05, 0) is 38.5 Å². The van der Waals surface area contributed by atoms with Crippen molar-refractivity contribution in [2.24, 2.45) is 11.7 Å². The van der Waals surface area contributed by atoms with E-state index in [1.807, 2.05) is 27.1 Å². The molecule has 102 valence electrons. The first kappa shape index (κ1) is 15.1. The first-order valence-electron chi connectivity index (χ1n) is 6.23. The highest BCUT2D eigenvalue weighted by atomic mass is 32.1. The van der Waals surface area contributed by atoms with Crippen LogP contribution in [0.5, 0.6) is 0 Å². The van der Waals surface area contributed by atoms with Crippen molar-refractivity contribution < 1.29 is 4.79 Å². The second-order valence-corrected chi connectivity index (χ2v) is 5.70. The van der Waals surface area contributed by atoms with E-state index in [2.05, 4.69) is 21.7 Å². The predicted octanol–water partition coefficient (Wildman–Crippen LogP) is 1.45. The number of nitrogens with zero attached hydrogens (tertiary/aromatic N) is 1. The summed E-state index contributed by atoms with van der Waals surface area (Å²) < 4.78 is 0. The molecular formula is C13H23N3OS. The molecule has 0 spiro atoms. The molecule has 0 saturated heterocycles. The molecule has 0 aromatic carbocycles. The maximum absolute atomic E-state index is 11.8. The van der Waals surface area contributed by atoms with Crippen LogP contribution in [0.15, 0.2) is 17.5 Å². The number of thiophene rings is 1. The second-order valence-electron chi connectivity index (χ2n) is 4.72. The molecule has 0 radical (unpaired) electrons. The van der Waals surface area contributed by atoms with Crippen molar-refractivity contribution in [3.05, 3.63) is 22.4 Å². The van der Waals surface area contributed by atoms with E-state index in [-0.39, 0.29) is 17.9 Å². The Labute approximate surface area is 113 Å². The van der Waals surface area contributed by atoms with Crippen LogP contribution in [-0.2, 0) is 4.79 Å². The van der Waals surface area contributed by atoms with Crippen LogP contribution in [0, 0.1) is 5.92 Å². The Morgan fingerprint density at radius 3 is 2.78 bits per heavy atom. The fourth-order valence-corrected chi connectivity index (χ4v) is 2.69. The van der Waals surface area contributed by atoms with Gasteiger partial charge in [0.05, 0.1) is 6.04 Å². The standard InChI is InChI=1S/C13H23N3OS/c1-10(6-7-14)13(17)15-9-11(16(2)3)12-5-4-8-18-12/h4-5,8,10-11H,6-7,9,14H2,1-3H3,(H,15,17). The van der Waals surface area contributed by atoms with Gasteiger partial charge in [-0.2, -0.15) is 0 Å². The van der Waals surface area contributed by atoms with E-state index in [4.69, 9.17) is 5.73 Å². The van der Waals surface area contributed by atoms with Crippen LogP contribution in [-0.4, -0.2) is 38.0 Å². The van der Waals surface area contributed by atoms with Gasteiger partial charge in [0, 0.05) is 17.3 Å². The number of carbonyl (C=O) groups excluding carboxylic acids is 1. The molecule has 1 heterocycles. The largest absolute Gasteiger partial charge is 0.354 e. The molecule has 2 unspecified atom stereocenters. The van der Waals surface area contributed by atoms with E-state index in [9.17, 15) is 4.79 Å². The zero-order valence-corrected chi connectivity index (χ0v) is 12.2. The summed E-state index contributed by atoms with van der Waals surface area (Å²) in [6, 6.07) is 4.37. The van der Waals surface area contributed by atoms with Crippen LogP contribution in [0.3, 0.4) is 0 Å². The third-order valence-corrected chi connectivity index (χ3v) is 3.99. The van der Waals surface area contributed by atoms with Crippen molar-refractivity contribution in [2.75, 3.05) is 27.2 Å². The van der Waals surface area contributed by atoms with Gasteiger partial charge in [0.25, 0.3) is 0 Å². The smallest absolute Gasteiger partial charge is 0.222 e. The number of rotatable bonds is 7. The number of hydrogen-bond acceptors (Lipinski definition) is 4. The van der Waals surface area contributed by atoms with Gasteiger partial charge in [-0.3, -0.25) is 4.79 Å². The van der Waals surface area contributed by atoms with Crippen LogP contribution in [0.1, 0.15) is 24.3 Å². The Kier molecular flexibility index (Phi) is 6.32. The molecule has 1 aromatic heterocycles. The number of likely N-dealkylation sites (N-methyl/N-ethyl adjacent to an activating group) is 1. The molecule has 5 heteroatoms. The topological polar surface area (TPSA) is 58.4 Å². The minimum absolute atomic E-state index is 0.0128. The molecule has 0 aliphatic carbocycles. The normalized spacial score (nSPS) is 14.5. The third kappa shape index (κ3) is 4.40. The van der Waals surface area contributed by atoms with Gasteiger partial charge >= 0.3 is 0 Å². The number of nitrogens with two attached hydrogens (primary N) is 1. The van der Waals surface area contributed by atoms with Crippen molar-refractivity contribution in [1.29, 1.82) is 0 Å². The number of amides is 1. The number of hydrogen-bond donors (Lipinski definition) is 2. The summed E-state index contributed by atoms with van der Waals surface area (Å²) in [5.74, 6) is 0.0741. The molecule has 1 aromatic rings. The molecule has 0 fully saturated rings. The number of carbonyl (C=O) groups is 1. The Morgan fingerprint density at radius 2 is 2.28 bits per heavy atom. The van der Waals surface area contributed by atoms with Crippen LogP contribution >= 0.6 is 11.3 Å². The lowest BCUT2D eigenvalue weighted by Crippen LogP contribution is -2.37.